The van der Waals surface area contributed by atoms with E-state index in [1.807, 2.05) is 0 Å². The molecule has 2 rings (SSSR count). The van der Waals surface area contributed by atoms with Crippen molar-refractivity contribution in [1.29, 1.82) is 0 Å². The molecule has 1 heterocycles. The van der Waals surface area contributed by atoms with Crippen LogP contribution in [0.2, 0.25) is 0 Å². The molecule has 1 aliphatic carbocycles. The van der Waals surface area contributed by atoms with Crippen molar-refractivity contribution in [3.8, 4) is 0 Å². The first-order valence-corrected chi connectivity index (χ1v) is 7.55. The molecule has 3 unspecified atom stereocenters. The van der Waals surface area contributed by atoms with Gasteiger partial charge in [0, 0.05) is 25.7 Å². The molecular weight excluding hydrogens is 224 g/mol. The predicted octanol–water partition coefficient (Wildman–Crippen LogP) is 2.25. The van der Waals surface area contributed by atoms with Crippen molar-refractivity contribution in [3.05, 3.63) is 0 Å². The van der Waals surface area contributed by atoms with Gasteiger partial charge in [-0.3, -0.25) is 0 Å². The Morgan fingerprint density at radius 1 is 1.22 bits per heavy atom. The van der Waals surface area contributed by atoms with Crippen LogP contribution in [0.3, 0.4) is 0 Å². The summed E-state index contributed by atoms with van der Waals surface area (Å²) in [7, 11) is 2.22. The molecule has 1 saturated carbocycles. The molecule has 2 N–H and O–H groups in total. The fourth-order valence-corrected chi connectivity index (χ4v) is 3.62. The van der Waals surface area contributed by atoms with E-state index in [1.54, 1.807) is 0 Å². The summed E-state index contributed by atoms with van der Waals surface area (Å²) in [4.78, 5) is 2.43. The number of rotatable bonds is 4. The van der Waals surface area contributed by atoms with Crippen molar-refractivity contribution in [1.82, 2.24) is 4.90 Å². The summed E-state index contributed by atoms with van der Waals surface area (Å²) in [5, 5.41) is 0. The summed E-state index contributed by atoms with van der Waals surface area (Å²) < 4.78 is 5.71. The summed E-state index contributed by atoms with van der Waals surface area (Å²) in [5.41, 5.74) is 6.77. The van der Waals surface area contributed by atoms with E-state index in [0.717, 1.165) is 19.7 Å². The molecular formula is C15H30N2O. The van der Waals surface area contributed by atoms with Crippen LogP contribution in [0.1, 0.15) is 46.0 Å². The molecule has 2 aliphatic rings. The summed E-state index contributed by atoms with van der Waals surface area (Å²) >= 11 is 0. The van der Waals surface area contributed by atoms with Gasteiger partial charge in [0.25, 0.3) is 0 Å². The zero-order valence-corrected chi connectivity index (χ0v) is 12.3. The van der Waals surface area contributed by atoms with Crippen molar-refractivity contribution in [3.63, 3.8) is 0 Å². The zero-order valence-electron chi connectivity index (χ0n) is 12.3. The average molecular weight is 254 g/mol. The number of hydrogen-bond acceptors (Lipinski definition) is 3. The number of nitrogens with two attached hydrogens (primary N) is 1. The fourth-order valence-electron chi connectivity index (χ4n) is 3.62. The minimum Gasteiger partial charge on any atom is -0.377 e. The Bertz CT molecular complexity index is 261. The lowest BCUT2D eigenvalue weighted by molar-refractivity contribution is 0.0608. The van der Waals surface area contributed by atoms with Crippen molar-refractivity contribution in [2.24, 2.45) is 17.1 Å². The lowest BCUT2D eigenvalue weighted by atomic mass is 9.68. The second-order valence-electron chi connectivity index (χ2n) is 7.02. The molecule has 0 aromatic carbocycles. The fraction of sp³-hybridized carbons (Fsp3) is 1.00. The summed E-state index contributed by atoms with van der Waals surface area (Å²) in [6.07, 6.45) is 6.82. The quantitative estimate of drug-likeness (QED) is 0.836. The van der Waals surface area contributed by atoms with Gasteiger partial charge in [-0.15, -0.1) is 0 Å². The highest BCUT2D eigenvalue weighted by Gasteiger charge is 2.36. The maximum atomic E-state index is 6.46. The van der Waals surface area contributed by atoms with Crippen LogP contribution in [-0.2, 0) is 4.74 Å². The third kappa shape index (κ3) is 3.46. The molecule has 3 atom stereocenters. The van der Waals surface area contributed by atoms with Crippen molar-refractivity contribution in [2.45, 2.75) is 58.1 Å². The molecule has 0 spiro atoms. The van der Waals surface area contributed by atoms with Gasteiger partial charge in [0.2, 0.25) is 0 Å². The molecule has 0 amide bonds. The van der Waals surface area contributed by atoms with Crippen molar-refractivity contribution in [2.75, 3.05) is 26.7 Å². The van der Waals surface area contributed by atoms with E-state index in [9.17, 15) is 0 Å². The second-order valence-corrected chi connectivity index (χ2v) is 7.02. The summed E-state index contributed by atoms with van der Waals surface area (Å²) in [6, 6.07) is 0.346. The van der Waals surface area contributed by atoms with Gasteiger partial charge >= 0.3 is 0 Å². The minimum atomic E-state index is 0.313. The highest BCUT2D eigenvalue weighted by molar-refractivity contribution is 4.92. The molecule has 1 saturated heterocycles. The predicted molar refractivity (Wildman–Crippen MR) is 75.6 cm³/mol. The first-order valence-electron chi connectivity index (χ1n) is 7.55. The second kappa shape index (κ2) is 5.89. The summed E-state index contributed by atoms with van der Waals surface area (Å²) in [5.74, 6) is 0.653. The topological polar surface area (TPSA) is 38.5 Å². The first kappa shape index (κ1) is 14.3. The third-order valence-electron chi connectivity index (χ3n) is 4.89. The first-order chi connectivity index (χ1) is 8.49. The number of nitrogens with zero attached hydrogens (tertiary/aromatic N) is 1. The van der Waals surface area contributed by atoms with Crippen LogP contribution in [-0.4, -0.2) is 43.8 Å². The molecule has 3 heteroatoms. The standard InChI is InChI=1S/C15H30N2O/c1-15(2)8-4-6-12(14(15)16)10-17(3)11-13-7-5-9-18-13/h12-14H,4-11,16H2,1-3H3. The van der Waals surface area contributed by atoms with E-state index in [-0.39, 0.29) is 0 Å². The van der Waals surface area contributed by atoms with Gasteiger partial charge in [-0.2, -0.15) is 0 Å². The van der Waals surface area contributed by atoms with Crippen molar-refractivity contribution >= 4 is 0 Å². The van der Waals surface area contributed by atoms with E-state index in [2.05, 4.69) is 25.8 Å². The van der Waals surface area contributed by atoms with Gasteiger partial charge in [0.05, 0.1) is 6.10 Å². The number of likely N-dealkylation sites (N-methyl/N-ethyl adjacent to an activating group) is 1. The molecule has 1 aliphatic heterocycles. The lowest BCUT2D eigenvalue weighted by Crippen LogP contribution is -2.50. The highest BCUT2D eigenvalue weighted by atomic mass is 16.5. The normalized spacial score (nSPS) is 36.2. The number of ether oxygens (including phenoxy) is 1. The largest absolute Gasteiger partial charge is 0.377 e. The SMILES string of the molecule is CN(CC1CCCO1)CC1CCCC(C)(C)C1N. The smallest absolute Gasteiger partial charge is 0.0702 e. The van der Waals surface area contributed by atoms with Gasteiger partial charge in [-0.05, 0) is 44.1 Å². The minimum absolute atomic E-state index is 0.313. The van der Waals surface area contributed by atoms with E-state index in [0.29, 0.717) is 23.5 Å². The van der Waals surface area contributed by atoms with Crippen molar-refractivity contribution < 1.29 is 4.74 Å². The van der Waals surface area contributed by atoms with Crippen LogP contribution in [0.5, 0.6) is 0 Å². The molecule has 0 aromatic heterocycles. The Labute approximate surface area is 112 Å². The van der Waals surface area contributed by atoms with Gasteiger partial charge in [-0.25, -0.2) is 0 Å². The Balaban J connectivity index is 1.80. The van der Waals surface area contributed by atoms with Crippen LogP contribution in [0, 0.1) is 11.3 Å². The van der Waals surface area contributed by atoms with E-state index >= 15 is 0 Å². The molecule has 2 fully saturated rings. The Morgan fingerprint density at radius 3 is 2.67 bits per heavy atom. The van der Waals surface area contributed by atoms with E-state index in [4.69, 9.17) is 10.5 Å². The third-order valence-corrected chi connectivity index (χ3v) is 4.89. The van der Waals surface area contributed by atoms with Crippen LogP contribution in [0.25, 0.3) is 0 Å². The average Bonchev–Trinajstić information content (AvgIpc) is 2.77. The van der Waals surface area contributed by atoms with Crippen LogP contribution in [0.4, 0.5) is 0 Å². The van der Waals surface area contributed by atoms with E-state index in [1.165, 1.54) is 32.1 Å². The zero-order chi connectivity index (χ0) is 13.2. The molecule has 0 aromatic rings. The molecule has 3 nitrogen and oxygen atoms in total. The van der Waals surface area contributed by atoms with Gasteiger partial charge in [-0.1, -0.05) is 20.3 Å². The Hall–Kier alpha value is -0.120. The molecule has 0 radical (unpaired) electrons. The summed E-state index contributed by atoms with van der Waals surface area (Å²) in [6.45, 7) is 7.80. The van der Waals surface area contributed by atoms with Gasteiger partial charge < -0.3 is 15.4 Å². The van der Waals surface area contributed by atoms with Gasteiger partial charge in [0.15, 0.2) is 0 Å². The molecule has 106 valence electrons. The van der Waals surface area contributed by atoms with Crippen LogP contribution >= 0.6 is 0 Å². The maximum Gasteiger partial charge on any atom is 0.0702 e. The molecule has 18 heavy (non-hydrogen) atoms. The van der Waals surface area contributed by atoms with Crippen LogP contribution in [0.15, 0.2) is 0 Å². The van der Waals surface area contributed by atoms with Gasteiger partial charge in [0.1, 0.15) is 0 Å². The number of hydrogen-bond donors (Lipinski definition) is 1. The van der Waals surface area contributed by atoms with Crippen LogP contribution < -0.4 is 5.73 Å². The van der Waals surface area contributed by atoms with E-state index < -0.39 is 0 Å². The molecule has 0 bridgehead atoms. The lowest BCUT2D eigenvalue weighted by Gasteiger charge is -2.43. The maximum absolute atomic E-state index is 6.46. The highest BCUT2D eigenvalue weighted by Crippen LogP contribution is 2.37. The monoisotopic (exact) mass is 254 g/mol. The Kier molecular flexibility index (Phi) is 4.68. The Morgan fingerprint density at radius 2 is 2.00 bits per heavy atom.